The second-order valence-electron chi connectivity index (χ2n) is 5.07. The minimum absolute atomic E-state index is 0.111. The summed E-state index contributed by atoms with van der Waals surface area (Å²) in [5.41, 5.74) is 1.53. The number of ketones is 1. The molecule has 1 aliphatic heterocycles. The number of Topliss-reactive ketones (excluding diaryl/α,β-unsaturated/α-hetero) is 1. The lowest BCUT2D eigenvalue weighted by Gasteiger charge is -2.26. The maximum absolute atomic E-state index is 12.4. The highest BCUT2D eigenvalue weighted by atomic mass is 35.5. The van der Waals surface area contributed by atoms with E-state index in [1.165, 1.54) is 0 Å². The molecule has 0 aromatic heterocycles. The average molecular weight is 297 g/mol. The van der Waals surface area contributed by atoms with Gasteiger partial charge in [-0.05, 0) is 24.6 Å². The van der Waals surface area contributed by atoms with Crippen LogP contribution in [0.2, 0.25) is 5.02 Å². The molecule has 0 bridgehead atoms. The molecule has 1 N–H and O–H groups in total. The molecule has 110 valence electrons. The van der Waals surface area contributed by atoms with E-state index in [0.717, 1.165) is 38.3 Å². The molecule has 0 radical (unpaired) electrons. The number of nitrogens with one attached hydrogen (secondary N) is 1. The van der Waals surface area contributed by atoms with Crippen LogP contribution in [0.25, 0.3) is 0 Å². The summed E-state index contributed by atoms with van der Waals surface area (Å²) < 4.78 is 5.27. The number of aryl methyl sites for hydroxylation is 1. The molecule has 5 heteroatoms. The van der Waals surface area contributed by atoms with Gasteiger partial charge in [-0.15, -0.1) is 0 Å². The van der Waals surface area contributed by atoms with Crippen LogP contribution in [-0.2, 0) is 0 Å². The molecule has 1 heterocycles. The lowest BCUT2D eigenvalue weighted by Crippen LogP contribution is -2.44. The van der Waals surface area contributed by atoms with Crippen molar-refractivity contribution >= 4 is 17.4 Å². The first kappa shape index (κ1) is 15.3. The van der Waals surface area contributed by atoms with Gasteiger partial charge >= 0.3 is 0 Å². The molecule has 0 amide bonds. The molecule has 0 spiro atoms. The van der Waals surface area contributed by atoms with Gasteiger partial charge in [0, 0.05) is 44.2 Å². The number of carbonyl (C=O) groups excluding carboxylic acids is 1. The summed E-state index contributed by atoms with van der Waals surface area (Å²) in [5, 5.41) is 3.93. The fourth-order valence-electron chi connectivity index (χ4n) is 2.38. The van der Waals surface area contributed by atoms with Gasteiger partial charge < -0.3 is 15.0 Å². The first-order chi connectivity index (χ1) is 9.61. The van der Waals surface area contributed by atoms with Gasteiger partial charge in [-0.25, -0.2) is 0 Å². The number of halogens is 1. The Kier molecular flexibility index (Phi) is 5.40. The van der Waals surface area contributed by atoms with Crippen LogP contribution in [0.1, 0.15) is 22.3 Å². The Hall–Kier alpha value is -1.10. The number of carbonyl (C=O) groups is 1. The van der Waals surface area contributed by atoms with Gasteiger partial charge in [-0.3, -0.25) is 4.79 Å². The van der Waals surface area contributed by atoms with Crippen molar-refractivity contribution in [2.24, 2.45) is 0 Å². The topological polar surface area (TPSA) is 41.6 Å². The number of benzene rings is 1. The third kappa shape index (κ3) is 3.72. The summed E-state index contributed by atoms with van der Waals surface area (Å²) in [6.07, 6.45) is 0.511. The number of methoxy groups -OCH3 is 1. The van der Waals surface area contributed by atoms with Gasteiger partial charge in [0.1, 0.15) is 5.75 Å². The van der Waals surface area contributed by atoms with Crippen LogP contribution in [-0.4, -0.2) is 50.5 Å². The Morgan fingerprint density at radius 1 is 1.40 bits per heavy atom. The number of ether oxygens (including phenoxy) is 1. The Morgan fingerprint density at radius 2 is 2.10 bits per heavy atom. The minimum atomic E-state index is 0.111. The molecule has 0 atom stereocenters. The van der Waals surface area contributed by atoms with Crippen molar-refractivity contribution in [1.82, 2.24) is 10.2 Å². The van der Waals surface area contributed by atoms with E-state index < -0.39 is 0 Å². The molecule has 4 nitrogen and oxygen atoms in total. The fraction of sp³-hybridized carbons (Fsp3) is 0.533. The molecule has 0 saturated carbocycles. The van der Waals surface area contributed by atoms with Gasteiger partial charge in [0.15, 0.2) is 5.78 Å². The summed E-state index contributed by atoms with van der Waals surface area (Å²) >= 11 is 6.06. The predicted octanol–water partition coefficient (Wildman–Crippen LogP) is 2.14. The first-order valence-electron chi connectivity index (χ1n) is 6.92. The molecular weight excluding hydrogens is 276 g/mol. The maximum atomic E-state index is 12.4. The van der Waals surface area contributed by atoms with Crippen LogP contribution in [0.15, 0.2) is 12.1 Å². The van der Waals surface area contributed by atoms with Gasteiger partial charge in [0.25, 0.3) is 0 Å². The number of piperazine rings is 1. The standard InChI is InChI=1S/C15H21ClN2O2/c1-11-9-12(15(20-2)10-13(11)16)14(19)3-6-18-7-4-17-5-8-18/h9-10,17H,3-8H2,1-2H3. The van der Waals surface area contributed by atoms with Gasteiger partial charge in [-0.2, -0.15) is 0 Å². The summed E-state index contributed by atoms with van der Waals surface area (Å²) in [6, 6.07) is 3.54. The van der Waals surface area contributed by atoms with Gasteiger partial charge in [0.05, 0.1) is 12.7 Å². The maximum Gasteiger partial charge on any atom is 0.167 e. The molecule has 1 fully saturated rings. The third-order valence-corrected chi connectivity index (χ3v) is 4.05. The number of hydrogen-bond donors (Lipinski definition) is 1. The van der Waals surface area contributed by atoms with Crippen LogP contribution in [0.5, 0.6) is 5.75 Å². The van der Waals surface area contributed by atoms with Crippen LogP contribution < -0.4 is 10.1 Å². The van der Waals surface area contributed by atoms with E-state index in [1.807, 2.05) is 13.0 Å². The lowest BCUT2D eigenvalue weighted by atomic mass is 10.0. The Bertz CT molecular complexity index is 485. The van der Waals surface area contributed by atoms with Gasteiger partial charge in [-0.1, -0.05) is 11.6 Å². The van der Waals surface area contributed by atoms with Crippen molar-refractivity contribution in [3.63, 3.8) is 0 Å². The molecule has 1 saturated heterocycles. The molecule has 2 rings (SSSR count). The highest BCUT2D eigenvalue weighted by Crippen LogP contribution is 2.27. The zero-order valence-electron chi connectivity index (χ0n) is 12.0. The second kappa shape index (κ2) is 7.07. The lowest BCUT2D eigenvalue weighted by molar-refractivity contribution is 0.0957. The van der Waals surface area contributed by atoms with Crippen molar-refractivity contribution in [3.8, 4) is 5.75 Å². The van der Waals surface area contributed by atoms with Crippen molar-refractivity contribution in [2.45, 2.75) is 13.3 Å². The van der Waals surface area contributed by atoms with E-state index in [9.17, 15) is 4.79 Å². The molecule has 20 heavy (non-hydrogen) atoms. The Balaban J connectivity index is 2.02. The first-order valence-corrected chi connectivity index (χ1v) is 7.30. The highest BCUT2D eigenvalue weighted by molar-refractivity contribution is 6.31. The molecule has 1 aromatic rings. The highest BCUT2D eigenvalue weighted by Gasteiger charge is 2.16. The van der Waals surface area contributed by atoms with E-state index in [0.29, 0.717) is 22.8 Å². The predicted molar refractivity (Wildman–Crippen MR) is 81.0 cm³/mol. The number of hydrogen-bond acceptors (Lipinski definition) is 4. The third-order valence-electron chi connectivity index (χ3n) is 3.65. The minimum Gasteiger partial charge on any atom is -0.496 e. The molecular formula is C15H21ClN2O2. The van der Waals surface area contributed by atoms with Crippen LogP contribution in [0.4, 0.5) is 0 Å². The summed E-state index contributed by atoms with van der Waals surface area (Å²) in [5.74, 6) is 0.672. The summed E-state index contributed by atoms with van der Waals surface area (Å²) in [4.78, 5) is 14.7. The van der Waals surface area contributed by atoms with Crippen molar-refractivity contribution in [1.29, 1.82) is 0 Å². The Morgan fingerprint density at radius 3 is 2.75 bits per heavy atom. The van der Waals surface area contributed by atoms with Crippen molar-refractivity contribution in [2.75, 3.05) is 39.8 Å². The van der Waals surface area contributed by atoms with Crippen LogP contribution in [0.3, 0.4) is 0 Å². The van der Waals surface area contributed by atoms with Crippen molar-refractivity contribution in [3.05, 3.63) is 28.3 Å². The molecule has 1 aromatic carbocycles. The number of rotatable bonds is 5. The number of nitrogens with zero attached hydrogens (tertiary/aromatic N) is 1. The quantitative estimate of drug-likeness (QED) is 0.845. The van der Waals surface area contributed by atoms with Gasteiger partial charge in [0.2, 0.25) is 0 Å². The molecule has 0 unspecified atom stereocenters. The monoisotopic (exact) mass is 296 g/mol. The van der Waals surface area contributed by atoms with Crippen LogP contribution in [0, 0.1) is 6.92 Å². The SMILES string of the molecule is COc1cc(Cl)c(C)cc1C(=O)CCN1CCNCC1. The Labute approximate surface area is 125 Å². The van der Waals surface area contributed by atoms with Crippen LogP contribution >= 0.6 is 11.6 Å². The average Bonchev–Trinajstić information content (AvgIpc) is 2.48. The molecule has 0 aliphatic carbocycles. The van der Waals surface area contributed by atoms with E-state index in [1.54, 1.807) is 13.2 Å². The summed E-state index contributed by atoms with van der Waals surface area (Å²) in [6.45, 7) is 6.70. The second-order valence-corrected chi connectivity index (χ2v) is 5.47. The smallest absolute Gasteiger partial charge is 0.167 e. The zero-order valence-corrected chi connectivity index (χ0v) is 12.8. The van der Waals surface area contributed by atoms with E-state index in [4.69, 9.17) is 16.3 Å². The van der Waals surface area contributed by atoms with Crippen molar-refractivity contribution < 1.29 is 9.53 Å². The zero-order chi connectivity index (χ0) is 14.5. The van der Waals surface area contributed by atoms with E-state index >= 15 is 0 Å². The molecule has 1 aliphatic rings. The fourth-order valence-corrected chi connectivity index (χ4v) is 2.53. The largest absolute Gasteiger partial charge is 0.496 e. The van der Waals surface area contributed by atoms with E-state index in [2.05, 4.69) is 10.2 Å². The normalized spacial score (nSPS) is 16.1. The van der Waals surface area contributed by atoms with E-state index in [-0.39, 0.29) is 5.78 Å². The summed E-state index contributed by atoms with van der Waals surface area (Å²) in [7, 11) is 1.56.